The van der Waals surface area contributed by atoms with Crippen molar-refractivity contribution in [1.82, 2.24) is 0 Å². The van der Waals surface area contributed by atoms with E-state index < -0.39 is 6.10 Å². The molecule has 0 radical (unpaired) electrons. The van der Waals surface area contributed by atoms with Crippen molar-refractivity contribution in [1.29, 1.82) is 5.26 Å². The van der Waals surface area contributed by atoms with Crippen LogP contribution in [0.4, 0.5) is 0 Å². The zero-order valence-corrected chi connectivity index (χ0v) is 10.8. The highest BCUT2D eigenvalue weighted by Gasteiger charge is 2.11. The largest absolute Gasteiger partial charge is 0.491 e. The van der Waals surface area contributed by atoms with Crippen molar-refractivity contribution in [3.63, 3.8) is 0 Å². The molecule has 0 bridgehead atoms. The fourth-order valence-electron chi connectivity index (χ4n) is 1.50. The predicted octanol–water partition coefficient (Wildman–Crippen LogP) is 2.44. The van der Waals surface area contributed by atoms with E-state index in [1.807, 2.05) is 38.1 Å². The van der Waals surface area contributed by atoms with Crippen LogP contribution in [-0.4, -0.2) is 24.4 Å². The number of aliphatic hydroxyl groups is 1. The number of hydrogen-bond acceptors (Lipinski definition) is 4. The fraction of sp³-hybridized carbons (Fsp3) is 0.500. The second-order valence-corrected chi connectivity index (χ2v) is 4.20. The molecule has 0 saturated carbocycles. The Balaban J connectivity index is 2.70. The van der Waals surface area contributed by atoms with Gasteiger partial charge in [0.15, 0.2) is 6.10 Å². The second kappa shape index (κ2) is 7.70. The highest BCUT2D eigenvalue weighted by atomic mass is 16.5. The summed E-state index contributed by atoms with van der Waals surface area (Å²) in [5.41, 5.74) is 0.772. The Kier molecular flexibility index (Phi) is 6.20. The lowest BCUT2D eigenvalue weighted by molar-refractivity contribution is 0.0771. The molecule has 0 aliphatic heterocycles. The maximum atomic E-state index is 9.07. The van der Waals surface area contributed by atoms with Crippen molar-refractivity contribution in [3.05, 3.63) is 29.8 Å². The number of benzene rings is 1. The standard InChI is InChI=1S/C14H19NO3/c1-11(2)18-13-6-3-5-12(9-13)14(10-15)17-8-4-7-16/h3,5-6,9,11,14,16H,4,7-8H2,1-2H3. The van der Waals surface area contributed by atoms with Crippen molar-refractivity contribution in [2.75, 3.05) is 13.2 Å². The first kappa shape index (κ1) is 14.5. The average Bonchev–Trinajstić information content (AvgIpc) is 2.34. The van der Waals surface area contributed by atoms with E-state index in [4.69, 9.17) is 19.8 Å². The summed E-state index contributed by atoms with van der Waals surface area (Å²) in [6, 6.07) is 9.44. The zero-order valence-electron chi connectivity index (χ0n) is 10.8. The lowest BCUT2D eigenvalue weighted by atomic mass is 10.1. The van der Waals surface area contributed by atoms with Gasteiger partial charge in [0.1, 0.15) is 5.75 Å². The van der Waals surface area contributed by atoms with Crippen LogP contribution in [0.2, 0.25) is 0 Å². The molecular formula is C14H19NO3. The molecule has 4 heteroatoms. The van der Waals surface area contributed by atoms with E-state index in [0.29, 0.717) is 13.0 Å². The summed E-state index contributed by atoms with van der Waals surface area (Å²) in [4.78, 5) is 0. The monoisotopic (exact) mass is 249 g/mol. The maximum Gasteiger partial charge on any atom is 0.169 e. The van der Waals surface area contributed by atoms with Gasteiger partial charge in [0.2, 0.25) is 0 Å². The van der Waals surface area contributed by atoms with E-state index in [1.54, 1.807) is 0 Å². The van der Waals surface area contributed by atoms with Gasteiger partial charge >= 0.3 is 0 Å². The zero-order chi connectivity index (χ0) is 13.4. The van der Waals surface area contributed by atoms with E-state index in [0.717, 1.165) is 11.3 Å². The first-order valence-electron chi connectivity index (χ1n) is 6.06. The molecule has 0 aliphatic carbocycles. The van der Waals surface area contributed by atoms with Crippen LogP contribution in [0.15, 0.2) is 24.3 Å². The number of nitrogens with zero attached hydrogens (tertiary/aromatic N) is 1. The predicted molar refractivity (Wildman–Crippen MR) is 68.2 cm³/mol. The van der Waals surface area contributed by atoms with Crippen LogP contribution in [0, 0.1) is 11.3 Å². The Morgan fingerprint density at radius 1 is 1.39 bits per heavy atom. The van der Waals surface area contributed by atoms with Gasteiger partial charge in [0.25, 0.3) is 0 Å². The van der Waals surface area contributed by atoms with Gasteiger partial charge in [0, 0.05) is 6.61 Å². The van der Waals surface area contributed by atoms with Crippen LogP contribution in [0.1, 0.15) is 31.9 Å². The van der Waals surface area contributed by atoms with Gasteiger partial charge in [-0.1, -0.05) is 12.1 Å². The summed E-state index contributed by atoms with van der Waals surface area (Å²) in [6.07, 6.45) is 0.00347. The summed E-state index contributed by atoms with van der Waals surface area (Å²) in [5.74, 6) is 0.730. The van der Waals surface area contributed by atoms with Crippen molar-refractivity contribution < 1.29 is 14.6 Å². The minimum Gasteiger partial charge on any atom is -0.491 e. The molecule has 0 aliphatic rings. The molecule has 0 fully saturated rings. The van der Waals surface area contributed by atoms with E-state index in [2.05, 4.69) is 6.07 Å². The summed E-state index contributed by atoms with van der Waals surface area (Å²) < 4.78 is 11.0. The smallest absolute Gasteiger partial charge is 0.169 e. The molecule has 98 valence electrons. The van der Waals surface area contributed by atoms with E-state index in [-0.39, 0.29) is 12.7 Å². The average molecular weight is 249 g/mol. The second-order valence-electron chi connectivity index (χ2n) is 4.20. The van der Waals surface area contributed by atoms with Crippen molar-refractivity contribution in [2.45, 2.75) is 32.5 Å². The molecule has 1 N–H and O–H groups in total. The van der Waals surface area contributed by atoms with Gasteiger partial charge in [0.05, 0.1) is 18.8 Å². The molecule has 18 heavy (non-hydrogen) atoms. The number of rotatable bonds is 7. The third-order valence-electron chi connectivity index (χ3n) is 2.24. The summed E-state index contributed by atoms with van der Waals surface area (Å²) in [6.45, 7) is 4.33. The Bertz CT molecular complexity index is 398. The molecule has 1 atom stereocenters. The molecular weight excluding hydrogens is 230 g/mol. The molecule has 0 saturated heterocycles. The highest BCUT2D eigenvalue weighted by Crippen LogP contribution is 2.22. The van der Waals surface area contributed by atoms with Gasteiger partial charge in [-0.15, -0.1) is 0 Å². The molecule has 1 rings (SSSR count). The SMILES string of the molecule is CC(C)Oc1cccc(C(C#N)OCCCO)c1. The van der Waals surface area contributed by atoms with Crippen molar-refractivity contribution in [2.24, 2.45) is 0 Å². The van der Waals surface area contributed by atoms with Crippen LogP contribution >= 0.6 is 0 Å². The molecule has 0 heterocycles. The van der Waals surface area contributed by atoms with Crippen LogP contribution in [0.3, 0.4) is 0 Å². The number of hydrogen-bond donors (Lipinski definition) is 1. The molecule has 1 aromatic carbocycles. The van der Waals surface area contributed by atoms with Crippen LogP contribution in [0.5, 0.6) is 5.75 Å². The van der Waals surface area contributed by atoms with Crippen LogP contribution in [-0.2, 0) is 4.74 Å². The number of nitriles is 1. The van der Waals surface area contributed by atoms with E-state index in [9.17, 15) is 0 Å². The minimum atomic E-state index is -0.618. The quantitative estimate of drug-likeness (QED) is 0.754. The fourth-order valence-corrected chi connectivity index (χ4v) is 1.50. The minimum absolute atomic E-state index is 0.0641. The lowest BCUT2D eigenvalue weighted by Crippen LogP contribution is -2.07. The molecule has 0 amide bonds. The third kappa shape index (κ3) is 4.74. The van der Waals surface area contributed by atoms with Crippen LogP contribution in [0.25, 0.3) is 0 Å². The molecule has 0 spiro atoms. The normalized spacial score (nSPS) is 12.2. The molecule has 1 unspecified atom stereocenters. The van der Waals surface area contributed by atoms with Crippen molar-refractivity contribution in [3.8, 4) is 11.8 Å². The highest BCUT2D eigenvalue weighted by molar-refractivity contribution is 5.32. The lowest BCUT2D eigenvalue weighted by Gasteiger charge is -2.14. The molecule has 1 aromatic rings. The first-order valence-corrected chi connectivity index (χ1v) is 6.06. The van der Waals surface area contributed by atoms with Gasteiger partial charge in [-0.25, -0.2) is 0 Å². The topological polar surface area (TPSA) is 62.5 Å². The molecule has 4 nitrogen and oxygen atoms in total. The summed E-state index contributed by atoms with van der Waals surface area (Å²) in [5, 5.41) is 17.8. The Morgan fingerprint density at radius 2 is 2.17 bits per heavy atom. The Labute approximate surface area is 108 Å². The Hall–Kier alpha value is -1.57. The van der Waals surface area contributed by atoms with E-state index >= 15 is 0 Å². The third-order valence-corrected chi connectivity index (χ3v) is 2.24. The van der Waals surface area contributed by atoms with Crippen LogP contribution < -0.4 is 4.74 Å². The van der Waals surface area contributed by atoms with Gasteiger partial charge in [-0.05, 0) is 38.0 Å². The summed E-state index contributed by atoms with van der Waals surface area (Å²) in [7, 11) is 0. The van der Waals surface area contributed by atoms with Crippen molar-refractivity contribution >= 4 is 0 Å². The van der Waals surface area contributed by atoms with Gasteiger partial charge in [-0.2, -0.15) is 5.26 Å². The summed E-state index contributed by atoms with van der Waals surface area (Å²) >= 11 is 0. The number of ether oxygens (including phenoxy) is 2. The maximum absolute atomic E-state index is 9.07. The first-order chi connectivity index (χ1) is 8.67. The van der Waals surface area contributed by atoms with Gasteiger partial charge < -0.3 is 14.6 Å². The Morgan fingerprint density at radius 3 is 2.78 bits per heavy atom. The van der Waals surface area contributed by atoms with E-state index in [1.165, 1.54) is 0 Å². The van der Waals surface area contributed by atoms with Gasteiger partial charge in [-0.3, -0.25) is 0 Å². The molecule has 0 aromatic heterocycles. The number of aliphatic hydroxyl groups excluding tert-OH is 1.